The van der Waals surface area contributed by atoms with Gasteiger partial charge in [0.1, 0.15) is 5.69 Å². The Morgan fingerprint density at radius 2 is 2.21 bits per heavy atom. The van der Waals surface area contributed by atoms with Crippen LogP contribution in [-0.4, -0.2) is 22.6 Å². The number of rotatable bonds is 5. The first-order valence-electron chi connectivity index (χ1n) is 6.93. The van der Waals surface area contributed by atoms with Crippen LogP contribution < -0.4 is 11.1 Å². The first-order chi connectivity index (χ1) is 9.29. The van der Waals surface area contributed by atoms with E-state index in [2.05, 4.69) is 15.5 Å². The van der Waals surface area contributed by atoms with Crippen LogP contribution in [0.5, 0.6) is 0 Å². The molecule has 5 heteroatoms. The van der Waals surface area contributed by atoms with Crippen LogP contribution in [0.1, 0.15) is 43.4 Å². The topological polar surface area (TPSA) is 83.5 Å². The molecule has 1 aromatic rings. The highest BCUT2D eigenvalue weighted by Crippen LogP contribution is 2.22. The van der Waals surface area contributed by atoms with E-state index in [-0.39, 0.29) is 5.84 Å². The number of hydrogen-bond acceptors (Lipinski definition) is 4. The Morgan fingerprint density at radius 3 is 2.95 bits per heavy atom. The second kappa shape index (κ2) is 7.09. The van der Waals surface area contributed by atoms with E-state index in [0.717, 1.165) is 24.6 Å². The van der Waals surface area contributed by atoms with Crippen LogP contribution in [0.15, 0.2) is 23.5 Å². The molecule has 19 heavy (non-hydrogen) atoms. The van der Waals surface area contributed by atoms with Crippen molar-refractivity contribution < 1.29 is 5.21 Å². The van der Waals surface area contributed by atoms with Gasteiger partial charge in [-0.15, -0.1) is 0 Å². The molecule has 0 spiro atoms. The van der Waals surface area contributed by atoms with Gasteiger partial charge in [-0.2, -0.15) is 0 Å². The Hall–Kier alpha value is -1.62. The van der Waals surface area contributed by atoms with Gasteiger partial charge in [-0.1, -0.05) is 24.4 Å². The van der Waals surface area contributed by atoms with E-state index in [0.29, 0.717) is 5.69 Å². The third-order valence-electron chi connectivity index (χ3n) is 3.68. The number of nitrogens with two attached hydrogens (primary N) is 1. The molecule has 0 atom stereocenters. The number of aromatic nitrogens is 1. The molecule has 1 aliphatic rings. The summed E-state index contributed by atoms with van der Waals surface area (Å²) in [4.78, 5) is 4.06. The second-order valence-corrected chi connectivity index (χ2v) is 5.17. The summed E-state index contributed by atoms with van der Waals surface area (Å²) in [5.74, 6) is 0.869. The van der Waals surface area contributed by atoms with Crippen LogP contribution in [0.4, 0.5) is 0 Å². The highest BCUT2D eigenvalue weighted by Gasteiger charge is 2.12. The lowest BCUT2D eigenvalue weighted by Crippen LogP contribution is -2.24. The molecule has 0 aromatic carbocycles. The van der Waals surface area contributed by atoms with Gasteiger partial charge in [0.25, 0.3) is 0 Å². The van der Waals surface area contributed by atoms with Gasteiger partial charge >= 0.3 is 0 Å². The summed E-state index contributed by atoms with van der Waals surface area (Å²) in [6.07, 6.45) is 8.51. The molecular formula is C14H22N4O. The van der Waals surface area contributed by atoms with Crippen LogP contribution in [0.25, 0.3) is 0 Å². The lowest BCUT2D eigenvalue weighted by Gasteiger charge is -2.21. The minimum Gasteiger partial charge on any atom is -0.409 e. The third kappa shape index (κ3) is 4.21. The van der Waals surface area contributed by atoms with Crippen molar-refractivity contribution in [1.82, 2.24) is 10.3 Å². The van der Waals surface area contributed by atoms with E-state index >= 15 is 0 Å². The SMILES string of the molecule is NC(=NO)c1cc(CNCC2CCCCC2)ccn1. The Bertz CT molecular complexity index is 427. The molecule has 2 rings (SSSR count). The van der Waals surface area contributed by atoms with Gasteiger partial charge in [-0.05, 0) is 43.0 Å². The zero-order chi connectivity index (χ0) is 13.5. The van der Waals surface area contributed by atoms with Gasteiger partial charge in [0.2, 0.25) is 0 Å². The van der Waals surface area contributed by atoms with Gasteiger partial charge < -0.3 is 16.3 Å². The monoisotopic (exact) mass is 262 g/mol. The Kier molecular flexibility index (Phi) is 5.15. The van der Waals surface area contributed by atoms with Gasteiger partial charge in [0.15, 0.2) is 5.84 Å². The molecule has 104 valence electrons. The van der Waals surface area contributed by atoms with E-state index in [4.69, 9.17) is 10.9 Å². The summed E-state index contributed by atoms with van der Waals surface area (Å²) in [5.41, 5.74) is 7.14. The minimum atomic E-state index is 0.0501. The van der Waals surface area contributed by atoms with Crippen molar-refractivity contribution in [1.29, 1.82) is 0 Å². The summed E-state index contributed by atoms with van der Waals surface area (Å²) >= 11 is 0. The Balaban J connectivity index is 1.82. The van der Waals surface area contributed by atoms with Gasteiger partial charge in [0.05, 0.1) is 0 Å². The zero-order valence-corrected chi connectivity index (χ0v) is 11.2. The predicted octanol–water partition coefficient (Wildman–Crippen LogP) is 1.85. The molecule has 0 bridgehead atoms. The maximum absolute atomic E-state index is 8.63. The maximum Gasteiger partial charge on any atom is 0.188 e. The fourth-order valence-electron chi connectivity index (χ4n) is 2.59. The highest BCUT2D eigenvalue weighted by molar-refractivity contribution is 5.95. The number of nitrogens with one attached hydrogen (secondary N) is 1. The highest BCUT2D eigenvalue weighted by atomic mass is 16.4. The van der Waals surface area contributed by atoms with Crippen molar-refractivity contribution in [3.63, 3.8) is 0 Å². The van der Waals surface area contributed by atoms with Crippen LogP contribution in [-0.2, 0) is 6.54 Å². The number of nitrogens with zero attached hydrogens (tertiary/aromatic N) is 2. The molecule has 1 aromatic heterocycles. The summed E-state index contributed by atoms with van der Waals surface area (Å²) in [6, 6.07) is 3.80. The average molecular weight is 262 g/mol. The van der Waals surface area contributed by atoms with Crippen molar-refractivity contribution in [3.8, 4) is 0 Å². The summed E-state index contributed by atoms with van der Waals surface area (Å²) in [7, 11) is 0. The first kappa shape index (κ1) is 13.8. The number of pyridine rings is 1. The lowest BCUT2D eigenvalue weighted by atomic mass is 9.89. The molecule has 0 amide bonds. The van der Waals surface area contributed by atoms with Crippen molar-refractivity contribution in [3.05, 3.63) is 29.6 Å². The fraction of sp³-hybridized carbons (Fsp3) is 0.571. The number of hydrogen-bond donors (Lipinski definition) is 3. The second-order valence-electron chi connectivity index (χ2n) is 5.17. The standard InChI is InChI=1S/C14H22N4O/c15-14(18-19)13-8-12(6-7-17-13)10-16-9-11-4-2-1-3-5-11/h6-8,11,16,19H,1-5,9-10H2,(H2,15,18). The fourth-order valence-corrected chi connectivity index (χ4v) is 2.59. The predicted molar refractivity (Wildman–Crippen MR) is 75.0 cm³/mol. The molecule has 0 unspecified atom stereocenters. The van der Waals surface area contributed by atoms with Crippen molar-refractivity contribution in [2.45, 2.75) is 38.6 Å². The van der Waals surface area contributed by atoms with E-state index in [1.165, 1.54) is 32.1 Å². The van der Waals surface area contributed by atoms with Crippen molar-refractivity contribution in [2.24, 2.45) is 16.8 Å². The van der Waals surface area contributed by atoms with Crippen LogP contribution in [0.3, 0.4) is 0 Å². The van der Waals surface area contributed by atoms with E-state index in [1.807, 2.05) is 12.1 Å². The molecule has 5 nitrogen and oxygen atoms in total. The van der Waals surface area contributed by atoms with E-state index < -0.39 is 0 Å². The summed E-state index contributed by atoms with van der Waals surface area (Å²) in [5, 5.41) is 15.1. The molecule has 0 saturated heterocycles. The minimum absolute atomic E-state index is 0.0501. The maximum atomic E-state index is 8.63. The first-order valence-corrected chi connectivity index (χ1v) is 6.93. The Labute approximate surface area is 113 Å². The van der Waals surface area contributed by atoms with Crippen LogP contribution in [0, 0.1) is 5.92 Å². The van der Waals surface area contributed by atoms with E-state index in [9.17, 15) is 0 Å². The number of oxime groups is 1. The lowest BCUT2D eigenvalue weighted by molar-refractivity contribution is 0.318. The summed E-state index contributed by atoms with van der Waals surface area (Å²) < 4.78 is 0. The van der Waals surface area contributed by atoms with Crippen LogP contribution in [0.2, 0.25) is 0 Å². The molecule has 4 N–H and O–H groups in total. The Morgan fingerprint density at radius 1 is 1.42 bits per heavy atom. The molecule has 0 radical (unpaired) electrons. The normalized spacial score (nSPS) is 17.6. The van der Waals surface area contributed by atoms with Gasteiger partial charge in [-0.25, -0.2) is 0 Å². The molecule has 0 aliphatic heterocycles. The molecule has 1 heterocycles. The molecule has 1 aliphatic carbocycles. The van der Waals surface area contributed by atoms with Crippen molar-refractivity contribution >= 4 is 5.84 Å². The van der Waals surface area contributed by atoms with Crippen LogP contribution >= 0.6 is 0 Å². The molecule has 1 fully saturated rings. The summed E-state index contributed by atoms with van der Waals surface area (Å²) in [6.45, 7) is 1.87. The number of amidine groups is 1. The smallest absolute Gasteiger partial charge is 0.188 e. The molecule has 1 saturated carbocycles. The third-order valence-corrected chi connectivity index (χ3v) is 3.68. The zero-order valence-electron chi connectivity index (χ0n) is 11.2. The molecular weight excluding hydrogens is 240 g/mol. The van der Waals surface area contributed by atoms with Gasteiger partial charge in [-0.3, -0.25) is 4.98 Å². The quantitative estimate of drug-likeness (QED) is 0.327. The average Bonchev–Trinajstić information content (AvgIpc) is 2.48. The van der Waals surface area contributed by atoms with Gasteiger partial charge in [0, 0.05) is 12.7 Å². The van der Waals surface area contributed by atoms with Crippen molar-refractivity contribution in [2.75, 3.05) is 6.54 Å². The van der Waals surface area contributed by atoms with E-state index in [1.54, 1.807) is 6.20 Å². The largest absolute Gasteiger partial charge is 0.409 e.